The van der Waals surface area contributed by atoms with E-state index >= 15 is 0 Å². The Morgan fingerprint density at radius 3 is 2.26 bits per heavy atom. The summed E-state index contributed by atoms with van der Waals surface area (Å²) in [5, 5.41) is 14.4. The molecule has 2 N–H and O–H groups in total. The van der Waals surface area contributed by atoms with E-state index in [0.717, 1.165) is 29.3 Å². The van der Waals surface area contributed by atoms with E-state index in [4.69, 9.17) is 5.21 Å². The Hall–Kier alpha value is -3.05. The molecule has 0 fully saturated rings. The van der Waals surface area contributed by atoms with Gasteiger partial charge in [-0.3, -0.25) is 14.8 Å². The third-order valence-corrected chi connectivity index (χ3v) is 8.61. The molecule has 1 atom stereocenters. The molecule has 1 unspecified atom stereocenters. The Morgan fingerprint density at radius 1 is 1.06 bits per heavy atom. The van der Waals surface area contributed by atoms with E-state index in [-0.39, 0.29) is 18.5 Å². The second-order valence-corrected chi connectivity index (χ2v) is 11.6. The van der Waals surface area contributed by atoms with Crippen molar-refractivity contribution in [3.05, 3.63) is 70.6 Å². The van der Waals surface area contributed by atoms with Crippen LogP contribution in [-0.4, -0.2) is 66.3 Å². The van der Waals surface area contributed by atoms with E-state index in [9.17, 15) is 18.0 Å². The quantitative estimate of drug-likeness (QED) is 0.342. The predicted octanol–water partition coefficient (Wildman–Crippen LogP) is 2.28. The van der Waals surface area contributed by atoms with Crippen LogP contribution in [0.15, 0.2) is 59.5 Å². The fourth-order valence-electron chi connectivity index (χ4n) is 3.77. The van der Waals surface area contributed by atoms with Gasteiger partial charge in [0, 0.05) is 52.1 Å². The number of hydrogen-bond acceptors (Lipinski definition) is 7. The second kappa shape index (κ2) is 10.3. The van der Waals surface area contributed by atoms with Crippen molar-refractivity contribution in [1.29, 1.82) is 0 Å². The first-order valence-electron chi connectivity index (χ1n) is 11.1. The fourth-order valence-corrected chi connectivity index (χ4v) is 4.62. The van der Waals surface area contributed by atoms with Crippen molar-refractivity contribution in [1.82, 2.24) is 20.1 Å². The summed E-state index contributed by atoms with van der Waals surface area (Å²) in [6, 6.07) is 15.7. The molecule has 3 rings (SSSR count). The van der Waals surface area contributed by atoms with E-state index in [1.165, 1.54) is 22.5 Å². The van der Waals surface area contributed by atoms with Gasteiger partial charge in [0.2, 0.25) is 0 Å². The molecule has 35 heavy (non-hydrogen) atoms. The van der Waals surface area contributed by atoms with Crippen molar-refractivity contribution in [3.63, 3.8) is 0 Å². The summed E-state index contributed by atoms with van der Waals surface area (Å²) in [6.07, 6.45) is 2.35. The smallest absolute Gasteiger partial charge is 0.264 e. The molecule has 1 amide bonds. The molecule has 0 spiro atoms. The highest BCUT2D eigenvalue weighted by atomic mass is 32.2. The standard InChI is InChI=1S/C25H32N4O5S/c1-25(24(31)26-32,35(5,33)34)13-15-29-14-12-21-16-20(10-11-22(21)23(29)30)19-8-6-18(7-9-19)17-28(4)27(2)3/h6-12,14,16,32H,13,15,17H2,1-5H3,(H,26,31). The molecular formula is C25H32N4O5S. The largest absolute Gasteiger partial charge is 0.315 e. The summed E-state index contributed by atoms with van der Waals surface area (Å²) >= 11 is 0. The molecule has 2 aromatic carbocycles. The number of carbonyl (C=O) groups is 1. The monoisotopic (exact) mass is 500 g/mol. The minimum Gasteiger partial charge on any atom is -0.315 e. The highest BCUT2D eigenvalue weighted by Crippen LogP contribution is 2.25. The number of nitrogens with zero attached hydrogens (tertiary/aromatic N) is 3. The van der Waals surface area contributed by atoms with Gasteiger partial charge in [0.25, 0.3) is 11.5 Å². The molecule has 0 aliphatic carbocycles. The van der Waals surface area contributed by atoms with Crippen molar-refractivity contribution < 1.29 is 18.4 Å². The molecule has 0 saturated carbocycles. The van der Waals surface area contributed by atoms with Gasteiger partial charge in [0.05, 0.1) is 0 Å². The van der Waals surface area contributed by atoms with Crippen LogP contribution in [0.1, 0.15) is 18.9 Å². The van der Waals surface area contributed by atoms with Gasteiger partial charge in [-0.05, 0) is 53.6 Å². The molecule has 1 aromatic heterocycles. The molecule has 0 aliphatic heterocycles. The van der Waals surface area contributed by atoms with E-state index < -0.39 is 20.5 Å². The molecule has 0 aliphatic rings. The van der Waals surface area contributed by atoms with Gasteiger partial charge in [0.1, 0.15) is 0 Å². The fraction of sp³-hybridized carbons (Fsp3) is 0.360. The van der Waals surface area contributed by atoms with E-state index in [1.54, 1.807) is 18.3 Å². The minimum atomic E-state index is -3.84. The SMILES string of the molecule is CN(C)N(C)Cc1ccc(-c2ccc3c(=O)n(CCC(C)(C(=O)NO)S(C)(=O)=O)ccc3c2)cc1. The molecule has 10 heteroatoms. The number of sulfone groups is 1. The minimum absolute atomic E-state index is 0.00360. The van der Waals surface area contributed by atoms with Crippen LogP contribution in [0.2, 0.25) is 0 Å². The number of pyridine rings is 1. The average Bonchev–Trinajstić information content (AvgIpc) is 2.82. The van der Waals surface area contributed by atoms with Gasteiger partial charge in [-0.1, -0.05) is 30.3 Å². The lowest BCUT2D eigenvalue weighted by Crippen LogP contribution is -2.49. The maximum absolute atomic E-state index is 13.0. The maximum Gasteiger partial charge on any atom is 0.264 e. The second-order valence-electron chi connectivity index (χ2n) is 9.17. The first-order chi connectivity index (χ1) is 16.4. The maximum atomic E-state index is 13.0. The van der Waals surface area contributed by atoms with Crippen LogP contribution in [0.25, 0.3) is 21.9 Å². The summed E-state index contributed by atoms with van der Waals surface area (Å²) < 4.78 is 23.9. The van der Waals surface area contributed by atoms with Gasteiger partial charge < -0.3 is 4.57 Å². The van der Waals surface area contributed by atoms with Crippen LogP contribution in [0.3, 0.4) is 0 Å². The van der Waals surface area contributed by atoms with Crippen LogP contribution in [0, 0.1) is 0 Å². The predicted molar refractivity (Wildman–Crippen MR) is 137 cm³/mol. The number of hydrazine groups is 1. The molecule has 9 nitrogen and oxygen atoms in total. The Balaban J connectivity index is 1.85. The molecule has 0 radical (unpaired) electrons. The highest BCUT2D eigenvalue weighted by molar-refractivity contribution is 7.92. The summed E-state index contributed by atoms with van der Waals surface area (Å²) in [5.74, 6) is -1.03. The summed E-state index contributed by atoms with van der Waals surface area (Å²) in [6.45, 7) is 2.02. The Bertz CT molecular complexity index is 1380. The number of hydroxylamine groups is 1. The first kappa shape index (κ1) is 26.6. The zero-order valence-corrected chi connectivity index (χ0v) is 21.5. The lowest BCUT2D eigenvalue weighted by Gasteiger charge is -2.25. The van der Waals surface area contributed by atoms with Crippen LogP contribution >= 0.6 is 0 Å². The average molecular weight is 501 g/mol. The number of benzene rings is 2. The normalized spacial score (nSPS) is 13.8. The number of nitrogens with one attached hydrogen (secondary N) is 1. The zero-order chi connectivity index (χ0) is 26.0. The Kier molecular flexibility index (Phi) is 7.80. The lowest BCUT2D eigenvalue weighted by atomic mass is 10.0. The topological polar surface area (TPSA) is 112 Å². The van der Waals surface area contributed by atoms with E-state index in [1.807, 2.05) is 38.3 Å². The van der Waals surface area contributed by atoms with Gasteiger partial charge in [-0.2, -0.15) is 0 Å². The zero-order valence-electron chi connectivity index (χ0n) is 20.6. The third kappa shape index (κ3) is 5.62. The molecule has 188 valence electrons. The number of carbonyl (C=O) groups excluding carboxylic acids is 1. The summed E-state index contributed by atoms with van der Waals surface area (Å²) in [7, 11) is 2.16. The first-order valence-corrected chi connectivity index (χ1v) is 13.0. The number of hydrogen-bond donors (Lipinski definition) is 2. The summed E-state index contributed by atoms with van der Waals surface area (Å²) in [4.78, 5) is 25.1. The van der Waals surface area contributed by atoms with Gasteiger partial charge >= 0.3 is 0 Å². The van der Waals surface area contributed by atoms with Crippen molar-refractivity contribution >= 4 is 26.5 Å². The molecule has 3 aromatic rings. The van der Waals surface area contributed by atoms with Crippen LogP contribution in [0.5, 0.6) is 0 Å². The van der Waals surface area contributed by atoms with Gasteiger partial charge in [0.15, 0.2) is 14.6 Å². The molecular weight excluding hydrogens is 468 g/mol. The van der Waals surface area contributed by atoms with E-state index in [0.29, 0.717) is 5.39 Å². The van der Waals surface area contributed by atoms with Gasteiger partial charge in [-0.15, -0.1) is 0 Å². The Labute approximate surface area is 205 Å². The van der Waals surface area contributed by atoms with Crippen molar-refractivity contribution in [2.45, 2.75) is 31.2 Å². The van der Waals surface area contributed by atoms with Crippen LogP contribution in [-0.2, 0) is 27.7 Å². The van der Waals surface area contributed by atoms with Crippen molar-refractivity contribution in [2.24, 2.45) is 0 Å². The number of aryl methyl sites for hydroxylation is 1. The Morgan fingerprint density at radius 2 is 1.69 bits per heavy atom. The highest BCUT2D eigenvalue weighted by Gasteiger charge is 2.43. The van der Waals surface area contributed by atoms with Crippen LogP contribution < -0.4 is 11.0 Å². The number of fused-ring (bicyclic) bond motifs is 1. The number of aromatic nitrogens is 1. The van der Waals surface area contributed by atoms with E-state index in [2.05, 4.69) is 29.3 Å². The van der Waals surface area contributed by atoms with Gasteiger partial charge in [-0.25, -0.2) is 23.9 Å². The summed E-state index contributed by atoms with van der Waals surface area (Å²) in [5.41, 5.74) is 4.34. The van der Waals surface area contributed by atoms with Crippen molar-refractivity contribution in [2.75, 3.05) is 27.4 Å². The lowest BCUT2D eigenvalue weighted by molar-refractivity contribution is -0.131. The van der Waals surface area contributed by atoms with Crippen molar-refractivity contribution in [3.8, 4) is 11.1 Å². The third-order valence-electron chi connectivity index (χ3n) is 6.59. The molecule has 0 saturated heterocycles. The van der Waals surface area contributed by atoms with Crippen LogP contribution in [0.4, 0.5) is 0 Å². The number of rotatable bonds is 9. The number of amides is 1. The molecule has 0 bridgehead atoms. The molecule has 1 heterocycles.